The highest BCUT2D eigenvalue weighted by Gasteiger charge is 2.12. The summed E-state index contributed by atoms with van der Waals surface area (Å²) in [5.74, 6) is 0.738. The number of thioether (sulfide) groups is 1. The van der Waals surface area contributed by atoms with Crippen LogP contribution >= 0.6 is 24.2 Å². The van der Waals surface area contributed by atoms with Gasteiger partial charge >= 0.3 is 5.97 Å². The number of methoxy groups -OCH3 is 2. The number of unbranched alkanes of at least 4 members (excludes halogenated alkanes) is 1. The van der Waals surface area contributed by atoms with E-state index in [2.05, 4.69) is 4.90 Å². The molecule has 0 saturated carbocycles. The molecule has 0 fully saturated rings. The quantitative estimate of drug-likeness (QED) is 0.507. The fourth-order valence-corrected chi connectivity index (χ4v) is 2.85. The van der Waals surface area contributed by atoms with Gasteiger partial charge in [-0.1, -0.05) is 0 Å². The third-order valence-electron chi connectivity index (χ3n) is 3.41. The zero-order valence-corrected chi connectivity index (χ0v) is 15.8. The molecule has 0 aliphatic rings. The number of carbonyl (C=O) groups is 1. The number of halogens is 1. The number of hydrogen-bond donors (Lipinski definition) is 1. The van der Waals surface area contributed by atoms with E-state index >= 15 is 0 Å². The van der Waals surface area contributed by atoms with E-state index < -0.39 is 5.97 Å². The summed E-state index contributed by atoms with van der Waals surface area (Å²) in [6, 6.07) is 4.01. The molecule has 1 N–H and O–H groups in total. The first-order valence-electron chi connectivity index (χ1n) is 7.21. The molecule has 5 nitrogen and oxygen atoms in total. The highest BCUT2D eigenvalue weighted by Crippen LogP contribution is 2.35. The van der Waals surface area contributed by atoms with Gasteiger partial charge in [-0.25, -0.2) is 0 Å². The molecule has 0 aliphatic heterocycles. The number of carboxylic acids is 1. The smallest absolute Gasteiger partial charge is 0.303 e. The van der Waals surface area contributed by atoms with Gasteiger partial charge in [-0.3, -0.25) is 4.79 Å². The van der Waals surface area contributed by atoms with Gasteiger partial charge in [0.1, 0.15) is 0 Å². The number of benzene rings is 1. The second kappa shape index (κ2) is 11.4. The van der Waals surface area contributed by atoms with Gasteiger partial charge in [0, 0.05) is 17.9 Å². The molecule has 0 saturated heterocycles. The molecule has 0 radical (unpaired) electrons. The number of nitrogens with zero attached hydrogens (tertiary/aromatic N) is 1. The zero-order valence-electron chi connectivity index (χ0n) is 14.1. The minimum Gasteiger partial charge on any atom is -0.493 e. The summed E-state index contributed by atoms with van der Waals surface area (Å²) in [5, 5.41) is 8.65. The van der Waals surface area contributed by atoms with E-state index in [1.807, 2.05) is 25.4 Å². The fraction of sp³-hybridized carbons (Fsp3) is 0.562. The van der Waals surface area contributed by atoms with Crippen molar-refractivity contribution in [1.29, 1.82) is 0 Å². The van der Waals surface area contributed by atoms with E-state index in [1.165, 1.54) is 5.56 Å². The molecule has 0 unspecified atom stereocenters. The summed E-state index contributed by atoms with van der Waals surface area (Å²) in [7, 11) is 5.31. The largest absolute Gasteiger partial charge is 0.493 e. The SMILES string of the molecule is COc1cc(CN(C)CCCCC(=O)O)c(SC)cc1OC.Cl. The number of rotatable bonds is 10. The van der Waals surface area contributed by atoms with Crippen molar-refractivity contribution in [1.82, 2.24) is 4.90 Å². The Labute approximate surface area is 148 Å². The second-order valence-corrected chi connectivity index (χ2v) is 5.96. The molecular weight excluding hydrogens is 338 g/mol. The molecule has 1 rings (SSSR count). The van der Waals surface area contributed by atoms with Crippen LogP contribution in [0.25, 0.3) is 0 Å². The van der Waals surface area contributed by atoms with Crippen molar-refractivity contribution in [2.45, 2.75) is 30.7 Å². The van der Waals surface area contributed by atoms with E-state index in [0.717, 1.165) is 35.9 Å². The average molecular weight is 364 g/mol. The molecule has 1 aromatic rings. The van der Waals surface area contributed by atoms with E-state index in [-0.39, 0.29) is 18.8 Å². The Kier molecular flexibility index (Phi) is 10.9. The maximum Gasteiger partial charge on any atom is 0.303 e. The van der Waals surface area contributed by atoms with Gasteiger partial charge in [0.05, 0.1) is 14.2 Å². The maximum absolute atomic E-state index is 10.5. The summed E-state index contributed by atoms with van der Waals surface area (Å²) < 4.78 is 10.7. The normalized spacial score (nSPS) is 10.3. The van der Waals surface area contributed by atoms with Crippen molar-refractivity contribution in [3.8, 4) is 11.5 Å². The molecule has 23 heavy (non-hydrogen) atoms. The minimum atomic E-state index is -0.729. The Hall–Kier alpha value is -1.11. The molecule has 1 aromatic carbocycles. The number of ether oxygens (including phenoxy) is 2. The third kappa shape index (κ3) is 7.33. The van der Waals surface area contributed by atoms with Crippen molar-refractivity contribution in [2.24, 2.45) is 0 Å². The fourth-order valence-electron chi connectivity index (χ4n) is 2.24. The van der Waals surface area contributed by atoms with E-state index in [4.69, 9.17) is 14.6 Å². The molecule has 0 atom stereocenters. The van der Waals surface area contributed by atoms with Gasteiger partial charge in [0.2, 0.25) is 0 Å². The Morgan fingerprint density at radius 2 is 1.83 bits per heavy atom. The van der Waals surface area contributed by atoms with Crippen LogP contribution < -0.4 is 9.47 Å². The number of hydrogen-bond acceptors (Lipinski definition) is 5. The van der Waals surface area contributed by atoms with Gasteiger partial charge in [0.25, 0.3) is 0 Å². The summed E-state index contributed by atoms with van der Waals surface area (Å²) in [4.78, 5) is 13.9. The molecular formula is C16H26ClNO4S. The highest BCUT2D eigenvalue weighted by molar-refractivity contribution is 7.98. The molecule has 132 valence electrons. The molecule has 0 spiro atoms. The van der Waals surface area contributed by atoms with Gasteiger partial charge in [0.15, 0.2) is 11.5 Å². The van der Waals surface area contributed by atoms with Crippen molar-refractivity contribution in [3.05, 3.63) is 17.7 Å². The summed E-state index contributed by atoms with van der Waals surface area (Å²) in [6.45, 7) is 1.67. The van der Waals surface area contributed by atoms with E-state index in [9.17, 15) is 4.79 Å². The Morgan fingerprint density at radius 3 is 2.35 bits per heavy atom. The van der Waals surface area contributed by atoms with E-state index in [1.54, 1.807) is 26.0 Å². The average Bonchev–Trinajstić information content (AvgIpc) is 2.50. The monoisotopic (exact) mass is 363 g/mol. The molecule has 0 aliphatic carbocycles. The van der Waals surface area contributed by atoms with Crippen LogP contribution in [-0.4, -0.2) is 50.0 Å². The number of carboxylic acid groups (broad SMARTS) is 1. The summed E-state index contributed by atoms with van der Waals surface area (Å²) >= 11 is 1.68. The zero-order chi connectivity index (χ0) is 16.5. The summed E-state index contributed by atoms with van der Waals surface area (Å²) in [5.41, 5.74) is 1.19. The molecule has 7 heteroatoms. The maximum atomic E-state index is 10.5. The van der Waals surface area contributed by atoms with Crippen molar-refractivity contribution < 1.29 is 19.4 Å². The van der Waals surface area contributed by atoms with Crippen molar-refractivity contribution in [2.75, 3.05) is 34.1 Å². The van der Waals surface area contributed by atoms with Crippen LogP contribution in [-0.2, 0) is 11.3 Å². The van der Waals surface area contributed by atoms with Gasteiger partial charge in [-0.15, -0.1) is 24.2 Å². The van der Waals surface area contributed by atoms with Crippen LogP contribution in [0, 0.1) is 0 Å². The molecule has 0 heterocycles. The lowest BCUT2D eigenvalue weighted by Gasteiger charge is -2.20. The molecule has 0 aromatic heterocycles. The Morgan fingerprint density at radius 1 is 1.22 bits per heavy atom. The first-order valence-corrected chi connectivity index (χ1v) is 8.43. The Bertz CT molecular complexity index is 499. The van der Waals surface area contributed by atoms with Crippen molar-refractivity contribution >= 4 is 30.1 Å². The van der Waals surface area contributed by atoms with Crippen LogP contribution in [0.4, 0.5) is 0 Å². The van der Waals surface area contributed by atoms with Crippen molar-refractivity contribution in [3.63, 3.8) is 0 Å². The molecule has 0 amide bonds. The lowest BCUT2D eigenvalue weighted by atomic mass is 10.1. The topological polar surface area (TPSA) is 59.0 Å². The highest BCUT2D eigenvalue weighted by atomic mass is 35.5. The van der Waals surface area contributed by atoms with Gasteiger partial charge in [-0.2, -0.15) is 0 Å². The lowest BCUT2D eigenvalue weighted by Crippen LogP contribution is -2.19. The van der Waals surface area contributed by atoms with Crippen LogP contribution in [0.1, 0.15) is 24.8 Å². The second-order valence-electron chi connectivity index (χ2n) is 5.11. The standard InChI is InChI=1S/C16H25NO4S.ClH/c1-17(8-6-5-7-16(18)19)11-12-9-13(20-2)14(21-3)10-15(12)22-4;/h9-10H,5-8,11H2,1-4H3,(H,18,19);1H. The third-order valence-corrected chi connectivity index (χ3v) is 4.23. The predicted octanol–water partition coefficient (Wildman–Crippen LogP) is 3.53. The predicted molar refractivity (Wildman–Crippen MR) is 96.4 cm³/mol. The van der Waals surface area contributed by atoms with Gasteiger partial charge in [-0.05, 0) is 50.4 Å². The Balaban J connectivity index is 0.00000484. The summed E-state index contributed by atoms with van der Waals surface area (Å²) in [6.07, 6.45) is 3.86. The lowest BCUT2D eigenvalue weighted by molar-refractivity contribution is -0.137. The minimum absolute atomic E-state index is 0. The molecule has 0 bridgehead atoms. The first kappa shape index (κ1) is 21.9. The van der Waals surface area contributed by atoms with Gasteiger partial charge < -0.3 is 19.5 Å². The van der Waals surface area contributed by atoms with Crippen LogP contribution in [0.2, 0.25) is 0 Å². The van der Waals surface area contributed by atoms with Crippen LogP contribution in [0.3, 0.4) is 0 Å². The van der Waals surface area contributed by atoms with Crippen LogP contribution in [0.15, 0.2) is 17.0 Å². The van der Waals surface area contributed by atoms with Crippen LogP contribution in [0.5, 0.6) is 11.5 Å². The van der Waals surface area contributed by atoms with E-state index in [0.29, 0.717) is 6.42 Å². The number of aliphatic carboxylic acids is 1. The first-order chi connectivity index (χ1) is 10.5.